The molecule has 1 aromatic carbocycles. The maximum Gasteiger partial charge on any atom is 0.417 e. The van der Waals surface area contributed by atoms with Crippen molar-refractivity contribution in [3.05, 3.63) is 64.0 Å². The summed E-state index contributed by atoms with van der Waals surface area (Å²) in [6.45, 7) is 0. The second kappa shape index (κ2) is 8.86. The Morgan fingerprint density at radius 1 is 1.28 bits per heavy atom. The predicted molar refractivity (Wildman–Crippen MR) is 108 cm³/mol. The Morgan fingerprint density at radius 2 is 2.00 bits per heavy atom. The van der Waals surface area contributed by atoms with Crippen LogP contribution in [0.4, 0.5) is 18.9 Å². The molecule has 1 N–H and O–H groups in total. The standard InChI is InChI=1S/C19H11ClF3N3OS2/c20-11-3-5-12(6-4-11)25-17(27)10-29-18-13(9-24)14(19(21,22)23)8-15(26-18)16-2-1-7-28-16/h1-8H,10H2,(H,25,27). The molecular weight excluding hydrogens is 443 g/mol. The van der Waals surface area contributed by atoms with E-state index in [0.717, 1.165) is 17.8 Å². The molecule has 0 saturated heterocycles. The normalized spacial score (nSPS) is 11.1. The minimum absolute atomic E-state index is 0.104. The van der Waals surface area contributed by atoms with Gasteiger partial charge < -0.3 is 5.32 Å². The number of pyridine rings is 1. The van der Waals surface area contributed by atoms with Crippen molar-refractivity contribution in [2.75, 3.05) is 11.1 Å². The molecule has 0 unspecified atom stereocenters. The molecule has 0 spiro atoms. The molecule has 3 aromatic rings. The van der Waals surface area contributed by atoms with Gasteiger partial charge in [0.25, 0.3) is 0 Å². The molecule has 10 heteroatoms. The highest BCUT2D eigenvalue weighted by atomic mass is 35.5. The third-order valence-electron chi connectivity index (χ3n) is 3.65. The minimum atomic E-state index is -4.72. The highest BCUT2D eigenvalue weighted by Gasteiger charge is 2.36. The number of thioether (sulfide) groups is 1. The van der Waals surface area contributed by atoms with Gasteiger partial charge in [0, 0.05) is 10.7 Å². The van der Waals surface area contributed by atoms with Gasteiger partial charge in [-0.15, -0.1) is 11.3 Å². The number of rotatable bonds is 5. The zero-order valence-corrected chi connectivity index (χ0v) is 16.8. The average Bonchev–Trinajstić information content (AvgIpc) is 3.21. The van der Waals surface area contributed by atoms with Crippen LogP contribution in [0.5, 0.6) is 0 Å². The molecule has 0 radical (unpaired) electrons. The van der Waals surface area contributed by atoms with Gasteiger partial charge in [0.1, 0.15) is 11.1 Å². The van der Waals surface area contributed by atoms with Crippen molar-refractivity contribution < 1.29 is 18.0 Å². The fourth-order valence-electron chi connectivity index (χ4n) is 2.37. The average molecular weight is 454 g/mol. The fraction of sp³-hybridized carbons (Fsp3) is 0.105. The molecule has 3 rings (SSSR count). The van der Waals surface area contributed by atoms with Gasteiger partial charge in [0.2, 0.25) is 5.91 Å². The predicted octanol–water partition coefficient (Wildman–Crippen LogP) is 6.08. The third kappa shape index (κ3) is 5.29. The van der Waals surface area contributed by atoms with E-state index in [-0.39, 0.29) is 16.5 Å². The van der Waals surface area contributed by atoms with Crippen LogP contribution >= 0.6 is 34.7 Å². The smallest absolute Gasteiger partial charge is 0.325 e. The van der Waals surface area contributed by atoms with E-state index in [9.17, 15) is 23.2 Å². The number of hydrogen-bond donors (Lipinski definition) is 1. The van der Waals surface area contributed by atoms with Crippen molar-refractivity contribution in [1.29, 1.82) is 5.26 Å². The van der Waals surface area contributed by atoms with E-state index in [4.69, 9.17) is 11.6 Å². The molecule has 0 fully saturated rings. The quantitative estimate of drug-likeness (QED) is 0.475. The number of halogens is 4. The second-order valence-corrected chi connectivity index (χ2v) is 8.01. The van der Waals surface area contributed by atoms with Gasteiger partial charge in [0.05, 0.1) is 27.5 Å². The van der Waals surface area contributed by atoms with E-state index >= 15 is 0 Å². The van der Waals surface area contributed by atoms with Crippen LogP contribution in [0, 0.1) is 11.3 Å². The summed E-state index contributed by atoms with van der Waals surface area (Å²) in [6, 6.07) is 12.2. The third-order valence-corrected chi connectivity index (χ3v) is 5.76. The van der Waals surface area contributed by atoms with E-state index in [1.54, 1.807) is 47.8 Å². The molecule has 0 aliphatic rings. The molecule has 0 bridgehead atoms. The molecule has 148 valence electrons. The first-order chi connectivity index (χ1) is 13.8. The number of nitriles is 1. The van der Waals surface area contributed by atoms with Gasteiger partial charge in [-0.1, -0.05) is 29.4 Å². The van der Waals surface area contributed by atoms with E-state index < -0.39 is 23.2 Å². The van der Waals surface area contributed by atoms with Crippen LogP contribution < -0.4 is 5.32 Å². The van der Waals surface area contributed by atoms with Crippen LogP contribution in [0.15, 0.2) is 52.9 Å². The number of thiophene rings is 1. The van der Waals surface area contributed by atoms with E-state index in [0.29, 0.717) is 15.6 Å². The maximum absolute atomic E-state index is 13.5. The lowest BCUT2D eigenvalue weighted by molar-refractivity contribution is -0.138. The van der Waals surface area contributed by atoms with Crippen molar-refractivity contribution in [2.45, 2.75) is 11.2 Å². The highest BCUT2D eigenvalue weighted by Crippen LogP contribution is 2.38. The summed E-state index contributed by atoms with van der Waals surface area (Å²) in [6.07, 6.45) is -4.72. The summed E-state index contributed by atoms with van der Waals surface area (Å²) >= 11 is 7.79. The number of benzene rings is 1. The molecule has 29 heavy (non-hydrogen) atoms. The van der Waals surface area contributed by atoms with Crippen LogP contribution in [0.25, 0.3) is 10.6 Å². The molecule has 2 heterocycles. The molecule has 0 aliphatic heterocycles. The zero-order valence-electron chi connectivity index (χ0n) is 14.5. The largest absolute Gasteiger partial charge is 0.417 e. The van der Waals surface area contributed by atoms with Gasteiger partial charge >= 0.3 is 6.18 Å². The molecular formula is C19H11ClF3N3OS2. The Morgan fingerprint density at radius 3 is 2.59 bits per heavy atom. The first-order valence-electron chi connectivity index (χ1n) is 8.02. The first kappa shape index (κ1) is 21.2. The van der Waals surface area contributed by atoms with Gasteiger partial charge in [0.15, 0.2) is 0 Å². The van der Waals surface area contributed by atoms with Gasteiger partial charge in [-0.25, -0.2) is 4.98 Å². The molecule has 1 amide bonds. The number of nitrogens with one attached hydrogen (secondary N) is 1. The number of carbonyl (C=O) groups is 1. The highest BCUT2D eigenvalue weighted by molar-refractivity contribution is 8.00. The fourth-order valence-corrected chi connectivity index (χ4v) is 3.99. The molecule has 0 aliphatic carbocycles. The lowest BCUT2D eigenvalue weighted by Crippen LogP contribution is -2.15. The Kier molecular flexibility index (Phi) is 6.47. The first-order valence-corrected chi connectivity index (χ1v) is 10.3. The van der Waals surface area contributed by atoms with E-state index in [2.05, 4.69) is 10.3 Å². The van der Waals surface area contributed by atoms with Crippen LogP contribution in [-0.4, -0.2) is 16.6 Å². The van der Waals surface area contributed by atoms with Crippen LogP contribution in [0.3, 0.4) is 0 Å². The summed E-state index contributed by atoms with van der Waals surface area (Å²) in [5.41, 5.74) is -1.06. The molecule has 0 saturated carbocycles. The summed E-state index contributed by atoms with van der Waals surface area (Å²) in [5, 5.41) is 14.0. The Balaban J connectivity index is 1.87. The van der Waals surface area contributed by atoms with Crippen molar-refractivity contribution >= 4 is 46.3 Å². The zero-order chi connectivity index (χ0) is 21.0. The number of hydrogen-bond acceptors (Lipinski definition) is 5. The Labute approximate surface area is 177 Å². The lowest BCUT2D eigenvalue weighted by Gasteiger charge is -2.13. The summed E-state index contributed by atoms with van der Waals surface area (Å²) in [4.78, 5) is 16.9. The van der Waals surface area contributed by atoms with Crippen molar-refractivity contribution in [3.8, 4) is 16.6 Å². The van der Waals surface area contributed by atoms with Gasteiger partial charge in [-0.05, 0) is 41.8 Å². The van der Waals surface area contributed by atoms with Crippen molar-refractivity contribution in [2.24, 2.45) is 0 Å². The second-order valence-electron chi connectivity index (χ2n) is 5.67. The molecule has 2 aromatic heterocycles. The number of aromatic nitrogens is 1. The SMILES string of the molecule is N#Cc1c(C(F)(F)F)cc(-c2cccs2)nc1SCC(=O)Nc1ccc(Cl)cc1. The van der Waals surface area contributed by atoms with Crippen LogP contribution in [0.1, 0.15) is 11.1 Å². The number of nitrogens with zero attached hydrogens (tertiary/aromatic N) is 2. The maximum atomic E-state index is 13.5. The van der Waals surface area contributed by atoms with E-state index in [1.165, 1.54) is 11.3 Å². The Bertz CT molecular complexity index is 1060. The number of carbonyl (C=O) groups excluding carboxylic acids is 1. The van der Waals surface area contributed by atoms with Gasteiger partial charge in [-0.2, -0.15) is 18.4 Å². The van der Waals surface area contributed by atoms with Crippen molar-refractivity contribution in [1.82, 2.24) is 4.98 Å². The van der Waals surface area contributed by atoms with Gasteiger partial charge in [-0.3, -0.25) is 4.79 Å². The summed E-state index contributed by atoms with van der Waals surface area (Å²) in [7, 11) is 0. The monoisotopic (exact) mass is 453 g/mol. The summed E-state index contributed by atoms with van der Waals surface area (Å²) in [5.74, 6) is -0.659. The number of anilines is 1. The molecule has 0 atom stereocenters. The minimum Gasteiger partial charge on any atom is -0.325 e. The van der Waals surface area contributed by atoms with Crippen LogP contribution in [-0.2, 0) is 11.0 Å². The topological polar surface area (TPSA) is 65.8 Å². The lowest BCUT2D eigenvalue weighted by atomic mass is 10.1. The van der Waals surface area contributed by atoms with E-state index in [1.807, 2.05) is 0 Å². The van der Waals surface area contributed by atoms with Crippen molar-refractivity contribution in [3.63, 3.8) is 0 Å². The number of alkyl halides is 3. The summed E-state index contributed by atoms with van der Waals surface area (Å²) < 4.78 is 40.4. The molecule has 4 nitrogen and oxygen atoms in total. The number of amides is 1. The van der Waals surface area contributed by atoms with Crippen LogP contribution in [0.2, 0.25) is 5.02 Å². The Hall–Kier alpha value is -2.54.